The van der Waals surface area contributed by atoms with E-state index < -0.39 is 5.60 Å². The Bertz CT molecular complexity index is 774. The molecule has 5 nitrogen and oxygen atoms in total. The van der Waals surface area contributed by atoms with E-state index in [4.69, 9.17) is 4.74 Å². The molecule has 0 spiro atoms. The third-order valence-electron chi connectivity index (χ3n) is 3.71. The number of aromatic nitrogens is 2. The van der Waals surface area contributed by atoms with Gasteiger partial charge in [0, 0.05) is 24.7 Å². The zero-order valence-corrected chi connectivity index (χ0v) is 13.5. The van der Waals surface area contributed by atoms with E-state index in [-0.39, 0.29) is 11.9 Å². The molecule has 0 saturated carbocycles. The number of ether oxygens (including phenoxy) is 1. The summed E-state index contributed by atoms with van der Waals surface area (Å²) in [6.45, 7) is 6.57. The number of H-pyrrole nitrogens is 1. The van der Waals surface area contributed by atoms with Crippen LogP contribution in [0, 0.1) is 5.82 Å². The van der Waals surface area contributed by atoms with Crippen LogP contribution in [0.1, 0.15) is 32.9 Å². The topological polar surface area (TPSA) is 58.2 Å². The van der Waals surface area contributed by atoms with Crippen molar-refractivity contribution in [1.82, 2.24) is 14.9 Å². The molecule has 1 N–H and O–H groups in total. The minimum absolute atomic E-state index is 0.313. The van der Waals surface area contributed by atoms with Crippen molar-refractivity contribution in [3.05, 3.63) is 36.0 Å². The number of pyridine rings is 1. The normalized spacial score (nSPS) is 15.7. The van der Waals surface area contributed by atoms with E-state index in [0.29, 0.717) is 25.0 Å². The lowest BCUT2D eigenvalue weighted by molar-refractivity contribution is 0.0270. The molecule has 0 fully saturated rings. The van der Waals surface area contributed by atoms with Gasteiger partial charge in [0.05, 0.1) is 17.4 Å². The van der Waals surface area contributed by atoms with Crippen molar-refractivity contribution >= 4 is 22.6 Å². The van der Waals surface area contributed by atoms with E-state index in [1.165, 1.54) is 6.20 Å². The molecule has 2 aromatic heterocycles. The highest BCUT2D eigenvalue weighted by molar-refractivity contribution is 5.91. The van der Waals surface area contributed by atoms with Gasteiger partial charge in [-0.15, -0.1) is 0 Å². The van der Waals surface area contributed by atoms with E-state index in [2.05, 4.69) is 9.97 Å². The number of halogens is 1. The standard InChI is InChI=1S/C17H20FN3O2/c1-17(2,3)23-16(22)21-8-5-11(6-9-21)14-12-4-7-19-15(12)13(18)10-20-14/h4-5,7,10,19H,6,8-9H2,1-3H3. The fraction of sp³-hybridized carbons (Fsp3) is 0.412. The molecule has 0 bridgehead atoms. The van der Waals surface area contributed by atoms with Gasteiger partial charge in [-0.05, 0) is 38.8 Å². The van der Waals surface area contributed by atoms with Crippen molar-refractivity contribution in [2.45, 2.75) is 32.8 Å². The number of fused-ring (bicyclic) bond motifs is 1. The molecule has 0 saturated heterocycles. The highest BCUT2D eigenvalue weighted by atomic mass is 19.1. The van der Waals surface area contributed by atoms with Crippen LogP contribution in [0.25, 0.3) is 16.5 Å². The van der Waals surface area contributed by atoms with Gasteiger partial charge in [0.1, 0.15) is 5.60 Å². The molecule has 1 aliphatic rings. The average molecular weight is 317 g/mol. The SMILES string of the molecule is CC(C)(C)OC(=O)N1CC=C(c2ncc(F)c3[nH]ccc23)CC1. The molecular weight excluding hydrogens is 297 g/mol. The second-order valence-electron chi connectivity index (χ2n) is 6.63. The van der Waals surface area contributed by atoms with Crippen LogP contribution in [0.4, 0.5) is 9.18 Å². The molecule has 3 heterocycles. The summed E-state index contributed by atoms with van der Waals surface area (Å²) in [7, 11) is 0. The Morgan fingerprint density at radius 3 is 2.87 bits per heavy atom. The highest BCUT2D eigenvalue weighted by Crippen LogP contribution is 2.28. The van der Waals surface area contributed by atoms with Crippen LogP contribution in [-0.4, -0.2) is 39.7 Å². The molecule has 6 heteroatoms. The van der Waals surface area contributed by atoms with E-state index in [1.807, 2.05) is 32.9 Å². The summed E-state index contributed by atoms with van der Waals surface area (Å²) in [5.74, 6) is -0.361. The van der Waals surface area contributed by atoms with Crippen molar-refractivity contribution in [2.75, 3.05) is 13.1 Å². The monoisotopic (exact) mass is 317 g/mol. The molecule has 1 amide bonds. The average Bonchev–Trinajstić information content (AvgIpc) is 2.96. The fourth-order valence-electron chi connectivity index (χ4n) is 2.65. The van der Waals surface area contributed by atoms with Crippen molar-refractivity contribution in [2.24, 2.45) is 0 Å². The van der Waals surface area contributed by atoms with Gasteiger partial charge in [0.25, 0.3) is 0 Å². The largest absolute Gasteiger partial charge is 0.444 e. The number of carbonyl (C=O) groups is 1. The van der Waals surface area contributed by atoms with Crippen molar-refractivity contribution < 1.29 is 13.9 Å². The van der Waals surface area contributed by atoms with Gasteiger partial charge in [-0.25, -0.2) is 9.18 Å². The minimum Gasteiger partial charge on any atom is -0.444 e. The number of amides is 1. The number of hydrogen-bond donors (Lipinski definition) is 1. The van der Waals surface area contributed by atoms with Crippen LogP contribution in [0.5, 0.6) is 0 Å². The predicted octanol–water partition coefficient (Wildman–Crippen LogP) is 3.73. The fourth-order valence-corrected chi connectivity index (χ4v) is 2.65. The Labute approximate surface area is 134 Å². The molecule has 1 aliphatic heterocycles. The summed E-state index contributed by atoms with van der Waals surface area (Å²) >= 11 is 0. The summed E-state index contributed by atoms with van der Waals surface area (Å²) in [4.78, 5) is 20.9. The first-order valence-corrected chi connectivity index (χ1v) is 7.64. The van der Waals surface area contributed by atoms with Crippen molar-refractivity contribution in [3.8, 4) is 0 Å². The molecule has 122 valence electrons. The maximum atomic E-state index is 13.7. The Balaban J connectivity index is 1.80. The molecule has 2 aromatic rings. The summed E-state index contributed by atoms with van der Waals surface area (Å²) < 4.78 is 19.1. The molecule has 0 unspecified atom stereocenters. The van der Waals surface area contributed by atoms with Gasteiger partial charge in [-0.3, -0.25) is 4.98 Å². The number of nitrogens with one attached hydrogen (secondary N) is 1. The molecule has 0 radical (unpaired) electrons. The summed E-state index contributed by atoms with van der Waals surface area (Å²) in [6.07, 6.45) is 5.25. The minimum atomic E-state index is -0.503. The number of carbonyl (C=O) groups excluding carboxylic acids is 1. The first-order valence-electron chi connectivity index (χ1n) is 7.64. The van der Waals surface area contributed by atoms with Gasteiger partial charge < -0.3 is 14.6 Å². The van der Waals surface area contributed by atoms with E-state index in [1.54, 1.807) is 11.1 Å². The molecule has 23 heavy (non-hydrogen) atoms. The zero-order valence-electron chi connectivity index (χ0n) is 13.5. The Kier molecular flexibility index (Phi) is 3.83. The number of nitrogens with zero attached hydrogens (tertiary/aromatic N) is 2. The van der Waals surface area contributed by atoms with Crippen molar-refractivity contribution in [3.63, 3.8) is 0 Å². The first-order chi connectivity index (χ1) is 10.8. The molecule has 0 aliphatic carbocycles. The maximum Gasteiger partial charge on any atom is 0.410 e. The van der Waals surface area contributed by atoms with Crippen LogP contribution >= 0.6 is 0 Å². The molecular formula is C17H20FN3O2. The third-order valence-corrected chi connectivity index (χ3v) is 3.71. The van der Waals surface area contributed by atoms with Gasteiger partial charge >= 0.3 is 6.09 Å². The lowest BCUT2D eigenvalue weighted by Crippen LogP contribution is -2.39. The van der Waals surface area contributed by atoms with Crippen LogP contribution in [0.15, 0.2) is 24.5 Å². The summed E-state index contributed by atoms with van der Waals surface area (Å²) in [6, 6.07) is 1.82. The quantitative estimate of drug-likeness (QED) is 0.872. The lowest BCUT2D eigenvalue weighted by Gasteiger charge is -2.29. The van der Waals surface area contributed by atoms with Crippen LogP contribution in [-0.2, 0) is 4.74 Å². The second-order valence-corrected chi connectivity index (χ2v) is 6.63. The second kappa shape index (κ2) is 5.68. The molecule has 3 rings (SSSR count). The number of hydrogen-bond acceptors (Lipinski definition) is 3. The first kappa shape index (κ1) is 15.5. The van der Waals surface area contributed by atoms with Crippen LogP contribution < -0.4 is 0 Å². The Morgan fingerprint density at radius 1 is 1.43 bits per heavy atom. The summed E-state index contributed by atoms with van der Waals surface area (Å²) in [5, 5.41) is 0.766. The maximum absolute atomic E-state index is 13.7. The van der Waals surface area contributed by atoms with Crippen LogP contribution in [0.3, 0.4) is 0 Å². The number of aromatic amines is 1. The van der Waals surface area contributed by atoms with Gasteiger partial charge in [-0.1, -0.05) is 6.08 Å². The smallest absolute Gasteiger partial charge is 0.410 e. The van der Waals surface area contributed by atoms with Gasteiger partial charge in [0.2, 0.25) is 0 Å². The predicted molar refractivity (Wildman–Crippen MR) is 86.5 cm³/mol. The summed E-state index contributed by atoms with van der Waals surface area (Å²) in [5.41, 5.74) is 1.75. The molecule has 0 aromatic carbocycles. The van der Waals surface area contributed by atoms with Crippen molar-refractivity contribution in [1.29, 1.82) is 0 Å². The van der Waals surface area contributed by atoms with Crippen LogP contribution in [0.2, 0.25) is 0 Å². The lowest BCUT2D eigenvalue weighted by atomic mass is 10.0. The van der Waals surface area contributed by atoms with Gasteiger partial charge in [0.15, 0.2) is 5.82 Å². The highest BCUT2D eigenvalue weighted by Gasteiger charge is 2.24. The number of rotatable bonds is 1. The van der Waals surface area contributed by atoms with E-state index in [0.717, 1.165) is 16.7 Å². The Hall–Kier alpha value is -2.37. The molecule has 0 atom stereocenters. The Morgan fingerprint density at radius 2 is 2.22 bits per heavy atom. The van der Waals surface area contributed by atoms with Gasteiger partial charge in [-0.2, -0.15) is 0 Å². The third kappa shape index (κ3) is 3.21. The zero-order chi connectivity index (χ0) is 16.6. The van der Waals surface area contributed by atoms with E-state index >= 15 is 0 Å². The van der Waals surface area contributed by atoms with E-state index in [9.17, 15) is 9.18 Å².